The number of amides is 2. The van der Waals surface area contributed by atoms with Crippen molar-refractivity contribution in [3.8, 4) is 11.1 Å². The van der Waals surface area contributed by atoms with Crippen LogP contribution < -0.4 is 10.7 Å². The summed E-state index contributed by atoms with van der Waals surface area (Å²) in [6, 6.07) is 20.8. The average Bonchev–Trinajstić information content (AvgIpc) is 3.25. The van der Waals surface area contributed by atoms with E-state index < -0.39 is 0 Å². The van der Waals surface area contributed by atoms with E-state index in [0.717, 1.165) is 23.1 Å². The van der Waals surface area contributed by atoms with E-state index in [2.05, 4.69) is 20.8 Å². The van der Waals surface area contributed by atoms with Crippen LogP contribution in [0.5, 0.6) is 0 Å². The van der Waals surface area contributed by atoms with Crippen LogP contribution in [-0.2, 0) is 6.42 Å². The summed E-state index contributed by atoms with van der Waals surface area (Å²) in [5.74, 6) is 0.351. The Morgan fingerprint density at radius 1 is 0.886 bits per heavy atom. The Kier molecular flexibility index (Phi) is 6.22. The third kappa shape index (κ3) is 4.75. The molecular weight excluding hydrogens is 440 g/mol. The molecule has 0 unspecified atom stereocenters. The van der Waals surface area contributed by atoms with Crippen LogP contribution in [0, 0.1) is 6.92 Å². The van der Waals surface area contributed by atoms with Crippen molar-refractivity contribution in [1.82, 2.24) is 10.4 Å². The molecule has 0 saturated heterocycles. The lowest BCUT2D eigenvalue weighted by atomic mass is 9.93. The van der Waals surface area contributed by atoms with Crippen molar-refractivity contribution in [2.24, 2.45) is 5.10 Å². The zero-order valence-corrected chi connectivity index (χ0v) is 19.2. The summed E-state index contributed by atoms with van der Waals surface area (Å²) in [6.45, 7) is 1.84. The van der Waals surface area contributed by atoms with Gasteiger partial charge in [0.25, 0.3) is 11.8 Å². The van der Waals surface area contributed by atoms with Gasteiger partial charge in [-0.1, -0.05) is 42.5 Å². The first-order chi connectivity index (χ1) is 17.1. The molecule has 2 heterocycles. The van der Waals surface area contributed by atoms with Crippen LogP contribution in [0.25, 0.3) is 11.1 Å². The molecule has 1 aliphatic carbocycles. The van der Waals surface area contributed by atoms with Crippen molar-refractivity contribution in [2.45, 2.75) is 26.2 Å². The van der Waals surface area contributed by atoms with Crippen molar-refractivity contribution in [2.75, 3.05) is 5.32 Å². The number of fused-ring (bicyclic) bond motifs is 1. The topological polar surface area (TPSA) is 96.6 Å². The van der Waals surface area contributed by atoms with Gasteiger partial charge < -0.3 is 9.73 Å². The van der Waals surface area contributed by atoms with E-state index in [9.17, 15) is 9.59 Å². The first-order valence-electron chi connectivity index (χ1n) is 11.5. The van der Waals surface area contributed by atoms with Gasteiger partial charge in [-0.2, -0.15) is 5.10 Å². The molecule has 35 heavy (non-hydrogen) atoms. The number of pyridine rings is 1. The molecule has 0 bridgehead atoms. The Bertz CT molecular complexity index is 1390. The third-order valence-electron chi connectivity index (χ3n) is 6.02. The minimum absolute atomic E-state index is 0.254. The lowest BCUT2D eigenvalue weighted by molar-refractivity contribution is 0.0953. The highest BCUT2D eigenvalue weighted by molar-refractivity contribution is 6.09. The molecule has 174 valence electrons. The van der Waals surface area contributed by atoms with E-state index in [4.69, 9.17) is 4.42 Å². The predicted octanol–water partition coefficient (Wildman–Crippen LogP) is 5.37. The largest absolute Gasteiger partial charge is 0.455 e. The molecule has 0 saturated carbocycles. The molecule has 0 spiro atoms. The second kappa shape index (κ2) is 9.77. The van der Waals surface area contributed by atoms with Gasteiger partial charge in [-0.05, 0) is 55.2 Å². The van der Waals surface area contributed by atoms with E-state index in [-0.39, 0.29) is 17.6 Å². The second-order valence-electron chi connectivity index (χ2n) is 8.34. The lowest BCUT2D eigenvalue weighted by Crippen LogP contribution is -2.22. The van der Waals surface area contributed by atoms with Crippen molar-refractivity contribution in [3.63, 3.8) is 0 Å². The van der Waals surface area contributed by atoms with Gasteiger partial charge in [-0.3, -0.25) is 14.6 Å². The molecule has 2 aromatic heterocycles. The van der Waals surface area contributed by atoms with Crippen molar-refractivity contribution < 1.29 is 14.0 Å². The molecule has 0 fully saturated rings. The van der Waals surface area contributed by atoms with E-state index >= 15 is 0 Å². The van der Waals surface area contributed by atoms with Gasteiger partial charge in [0.2, 0.25) is 0 Å². The molecule has 7 heteroatoms. The molecule has 2 aromatic carbocycles. The Labute approximate surface area is 202 Å². The number of carbonyl (C=O) groups excluding carboxylic acids is 2. The fraction of sp³-hybridized carbons (Fsp3) is 0.143. The number of nitrogens with one attached hydrogen (secondary N) is 2. The standard InChI is InChI=1S/C28H24N4O3/c1-18-25-23(8-5-9-24(25)35-26(18)28(34)30-22-14-16-29-17-15-22)31-32-27(33)21-12-10-20(11-13-21)19-6-3-2-4-7-19/h2-4,6-7,10-17H,5,8-9H2,1H3,(H,32,33)(H,29,30,34)/b31-23+. The molecule has 0 atom stereocenters. The van der Waals surface area contributed by atoms with E-state index in [1.807, 2.05) is 49.4 Å². The zero-order valence-electron chi connectivity index (χ0n) is 19.2. The zero-order chi connectivity index (χ0) is 24.2. The van der Waals surface area contributed by atoms with Crippen LogP contribution in [0.2, 0.25) is 0 Å². The number of nitrogens with zero attached hydrogens (tertiary/aromatic N) is 2. The smallest absolute Gasteiger partial charge is 0.291 e. The number of aryl methyl sites for hydroxylation is 1. The summed E-state index contributed by atoms with van der Waals surface area (Å²) < 4.78 is 5.93. The van der Waals surface area contributed by atoms with Crippen LogP contribution in [-0.4, -0.2) is 22.5 Å². The van der Waals surface area contributed by atoms with Crippen molar-refractivity contribution in [1.29, 1.82) is 0 Å². The third-order valence-corrected chi connectivity index (χ3v) is 6.02. The second-order valence-corrected chi connectivity index (χ2v) is 8.34. The summed E-state index contributed by atoms with van der Waals surface area (Å²) in [5, 5.41) is 7.24. The molecule has 1 aliphatic rings. The first kappa shape index (κ1) is 22.3. The minimum atomic E-state index is -0.329. The first-order valence-corrected chi connectivity index (χ1v) is 11.5. The van der Waals surface area contributed by atoms with Crippen LogP contribution in [0.1, 0.15) is 50.6 Å². The molecule has 7 nitrogen and oxygen atoms in total. The molecule has 0 aliphatic heterocycles. The number of hydrogen-bond donors (Lipinski definition) is 2. The Hall–Kier alpha value is -4.52. The van der Waals surface area contributed by atoms with Crippen LogP contribution in [0.4, 0.5) is 5.69 Å². The Morgan fingerprint density at radius 2 is 1.60 bits per heavy atom. The van der Waals surface area contributed by atoms with Gasteiger partial charge in [0.1, 0.15) is 5.76 Å². The van der Waals surface area contributed by atoms with Crippen LogP contribution in [0.15, 0.2) is 88.6 Å². The fourth-order valence-electron chi connectivity index (χ4n) is 4.25. The monoisotopic (exact) mass is 464 g/mol. The predicted molar refractivity (Wildman–Crippen MR) is 134 cm³/mol. The SMILES string of the molecule is Cc1c(C(=O)Nc2ccncc2)oc2c1/C(=N/NC(=O)c1ccc(-c3ccccc3)cc1)CCC2. The Balaban J connectivity index is 1.32. The van der Waals surface area contributed by atoms with Crippen LogP contribution >= 0.6 is 0 Å². The molecule has 5 rings (SSSR count). The average molecular weight is 465 g/mol. The highest BCUT2D eigenvalue weighted by atomic mass is 16.4. The maximum atomic E-state index is 12.8. The summed E-state index contributed by atoms with van der Waals surface area (Å²) in [7, 11) is 0. The van der Waals surface area contributed by atoms with Gasteiger partial charge in [0.15, 0.2) is 5.76 Å². The summed E-state index contributed by atoms with van der Waals surface area (Å²) in [6.07, 6.45) is 5.45. The van der Waals surface area contributed by atoms with Gasteiger partial charge in [-0.15, -0.1) is 0 Å². The summed E-state index contributed by atoms with van der Waals surface area (Å²) >= 11 is 0. The van der Waals surface area contributed by atoms with E-state index in [1.54, 1.807) is 36.7 Å². The van der Waals surface area contributed by atoms with Gasteiger partial charge in [0, 0.05) is 41.2 Å². The normalized spacial score (nSPS) is 13.8. The number of hydrazone groups is 1. The molecular formula is C28H24N4O3. The summed E-state index contributed by atoms with van der Waals surface area (Å²) in [5.41, 5.74) is 8.19. The van der Waals surface area contributed by atoms with Crippen molar-refractivity contribution >= 4 is 23.2 Å². The molecule has 2 N–H and O–H groups in total. The number of benzene rings is 2. The van der Waals surface area contributed by atoms with Gasteiger partial charge in [-0.25, -0.2) is 5.43 Å². The maximum Gasteiger partial charge on any atom is 0.291 e. The maximum absolute atomic E-state index is 12.8. The quantitative estimate of drug-likeness (QED) is 0.388. The Morgan fingerprint density at radius 3 is 2.34 bits per heavy atom. The highest BCUT2D eigenvalue weighted by Crippen LogP contribution is 2.30. The van der Waals surface area contributed by atoms with E-state index in [0.29, 0.717) is 41.1 Å². The number of furan rings is 1. The van der Waals surface area contributed by atoms with E-state index in [1.165, 1.54) is 0 Å². The van der Waals surface area contributed by atoms with Crippen LogP contribution in [0.3, 0.4) is 0 Å². The lowest BCUT2D eigenvalue weighted by Gasteiger charge is -2.13. The van der Waals surface area contributed by atoms with Gasteiger partial charge in [0.05, 0.1) is 5.71 Å². The number of carbonyl (C=O) groups is 2. The van der Waals surface area contributed by atoms with Gasteiger partial charge >= 0.3 is 0 Å². The minimum Gasteiger partial charge on any atom is -0.455 e. The molecule has 2 amide bonds. The number of hydrogen-bond acceptors (Lipinski definition) is 5. The highest BCUT2D eigenvalue weighted by Gasteiger charge is 2.28. The van der Waals surface area contributed by atoms with Crippen molar-refractivity contribution in [3.05, 3.63) is 107 Å². The summed E-state index contributed by atoms with van der Waals surface area (Å²) in [4.78, 5) is 29.5. The molecule has 0 radical (unpaired) electrons. The number of rotatable bonds is 5. The fourth-order valence-corrected chi connectivity index (χ4v) is 4.25. The number of anilines is 1. The molecule has 4 aromatic rings. The number of aromatic nitrogens is 1.